The lowest BCUT2D eigenvalue weighted by molar-refractivity contribution is -0.132. The summed E-state index contributed by atoms with van der Waals surface area (Å²) < 4.78 is 11.5. The Labute approximate surface area is 231 Å². The maximum Gasteiger partial charge on any atom is 0.300 e. The summed E-state index contributed by atoms with van der Waals surface area (Å²) in [6.45, 7) is 2.66. The third kappa shape index (κ3) is 5.38. The number of carbonyl (C=O) groups excluding carboxylic acids is 2. The first-order valence-electron chi connectivity index (χ1n) is 12.5. The van der Waals surface area contributed by atoms with E-state index in [2.05, 4.69) is 0 Å². The normalized spacial score (nSPS) is 16.4. The number of Topliss-reactive ketones (excluding diaryl/α,β-unsaturated/α-hetero) is 1. The fourth-order valence-electron chi connectivity index (χ4n) is 4.58. The summed E-state index contributed by atoms with van der Waals surface area (Å²) in [4.78, 5) is 28.2. The number of nitrogens with zero attached hydrogens (tertiary/aromatic N) is 1. The van der Waals surface area contributed by atoms with Crippen molar-refractivity contribution in [1.82, 2.24) is 0 Å². The number of ether oxygens (including phenoxy) is 2. The third-order valence-electron chi connectivity index (χ3n) is 6.43. The highest BCUT2D eigenvalue weighted by Gasteiger charge is 2.47. The van der Waals surface area contributed by atoms with E-state index in [0.717, 1.165) is 5.56 Å². The van der Waals surface area contributed by atoms with Crippen LogP contribution in [0.1, 0.15) is 29.7 Å². The minimum Gasteiger partial charge on any atom is -0.507 e. The van der Waals surface area contributed by atoms with Crippen molar-refractivity contribution in [2.45, 2.75) is 19.6 Å². The highest BCUT2D eigenvalue weighted by molar-refractivity contribution is 6.52. The maximum atomic E-state index is 13.4. The molecule has 1 atom stereocenters. The number of anilines is 1. The number of para-hydroxylation sites is 1. The summed E-state index contributed by atoms with van der Waals surface area (Å²) >= 11 is 6.43. The molecule has 1 amide bonds. The summed E-state index contributed by atoms with van der Waals surface area (Å²) in [6, 6.07) is 29.8. The lowest BCUT2D eigenvalue weighted by Gasteiger charge is -2.25. The molecule has 0 aliphatic carbocycles. The van der Waals surface area contributed by atoms with Gasteiger partial charge in [-0.1, -0.05) is 72.3 Å². The van der Waals surface area contributed by atoms with E-state index in [1.165, 1.54) is 4.90 Å². The van der Waals surface area contributed by atoms with E-state index in [0.29, 0.717) is 36.0 Å². The molecule has 1 heterocycles. The Bertz CT molecular complexity index is 1520. The van der Waals surface area contributed by atoms with E-state index in [-0.39, 0.29) is 21.9 Å². The molecular formula is C32H26ClNO5. The fraction of sp³-hybridized carbons (Fsp3) is 0.125. The van der Waals surface area contributed by atoms with Crippen LogP contribution in [0.5, 0.6) is 11.5 Å². The van der Waals surface area contributed by atoms with Gasteiger partial charge < -0.3 is 14.6 Å². The molecule has 0 spiro atoms. The minimum absolute atomic E-state index is 0.0580. The average Bonchev–Trinajstić information content (AvgIpc) is 3.24. The Morgan fingerprint density at radius 2 is 1.49 bits per heavy atom. The van der Waals surface area contributed by atoms with Gasteiger partial charge in [0.1, 0.15) is 23.9 Å². The van der Waals surface area contributed by atoms with Gasteiger partial charge >= 0.3 is 0 Å². The van der Waals surface area contributed by atoms with E-state index in [1.807, 2.05) is 43.3 Å². The van der Waals surface area contributed by atoms with E-state index >= 15 is 0 Å². The first-order valence-corrected chi connectivity index (χ1v) is 12.9. The van der Waals surface area contributed by atoms with Gasteiger partial charge in [0.05, 0.1) is 23.2 Å². The zero-order valence-corrected chi connectivity index (χ0v) is 22.0. The predicted octanol–water partition coefficient (Wildman–Crippen LogP) is 6.94. The van der Waals surface area contributed by atoms with Gasteiger partial charge in [-0.05, 0) is 60.5 Å². The fourth-order valence-corrected chi connectivity index (χ4v) is 4.78. The molecule has 4 aromatic rings. The number of hydrogen-bond acceptors (Lipinski definition) is 5. The molecule has 7 heteroatoms. The molecule has 1 N–H and O–H groups in total. The molecular weight excluding hydrogens is 514 g/mol. The number of carbonyl (C=O) groups is 2. The van der Waals surface area contributed by atoms with Gasteiger partial charge in [0, 0.05) is 11.3 Å². The highest BCUT2D eigenvalue weighted by Crippen LogP contribution is 2.43. The van der Waals surface area contributed by atoms with E-state index in [9.17, 15) is 14.7 Å². The van der Waals surface area contributed by atoms with Crippen molar-refractivity contribution in [3.05, 3.63) is 130 Å². The number of ketones is 1. The number of aliphatic hydroxyl groups is 1. The number of rotatable bonds is 8. The van der Waals surface area contributed by atoms with Gasteiger partial charge in [-0.15, -0.1) is 0 Å². The van der Waals surface area contributed by atoms with Crippen molar-refractivity contribution in [1.29, 1.82) is 0 Å². The van der Waals surface area contributed by atoms with Gasteiger partial charge in [0.15, 0.2) is 0 Å². The molecule has 1 saturated heterocycles. The number of halogens is 1. The van der Waals surface area contributed by atoms with Crippen LogP contribution in [0.25, 0.3) is 5.76 Å². The SMILES string of the molecule is CCOc1ccc(Cl)c(/C(O)=C2\C(=O)C(=O)N(c3ccccc3)C2c2ccc(OCc3ccccc3)cc2)c1. The van der Waals surface area contributed by atoms with E-state index < -0.39 is 17.7 Å². The standard InChI is InChI=1S/C32H26ClNO5/c1-2-38-25-17-18-27(33)26(19-25)30(35)28-29(34(32(37)31(28)36)23-11-7-4-8-12-23)22-13-15-24(16-14-22)39-20-21-9-5-3-6-10-21/h3-19,29,35H,2,20H2,1H3/b30-28+. The Morgan fingerprint density at radius 3 is 2.15 bits per heavy atom. The van der Waals surface area contributed by atoms with Crippen LogP contribution >= 0.6 is 11.6 Å². The van der Waals surface area contributed by atoms with Crippen LogP contribution in [-0.4, -0.2) is 23.4 Å². The van der Waals surface area contributed by atoms with Gasteiger partial charge in [-0.25, -0.2) is 0 Å². The quantitative estimate of drug-likeness (QED) is 0.149. The van der Waals surface area contributed by atoms with Gasteiger partial charge in [-0.3, -0.25) is 14.5 Å². The number of hydrogen-bond donors (Lipinski definition) is 1. The van der Waals surface area contributed by atoms with Crippen molar-refractivity contribution in [2.24, 2.45) is 0 Å². The zero-order chi connectivity index (χ0) is 27.4. The minimum atomic E-state index is -0.887. The van der Waals surface area contributed by atoms with Gasteiger partial charge in [0.25, 0.3) is 11.7 Å². The first-order chi connectivity index (χ1) is 19.0. The molecule has 0 saturated carbocycles. The van der Waals surface area contributed by atoms with Gasteiger partial charge in [-0.2, -0.15) is 0 Å². The van der Waals surface area contributed by atoms with Crippen molar-refractivity contribution in [3.8, 4) is 11.5 Å². The summed E-state index contributed by atoms with van der Waals surface area (Å²) in [6.07, 6.45) is 0. The number of benzene rings is 4. The second-order valence-electron chi connectivity index (χ2n) is 8.92. The Morgan fingerprint density at radius 1 is 0.846 bits per heavy atom. The number of aliphatic hydroxyl groups excluding tert-OH is 1. The Kier molecular flexibility index (Phi) is 7.66. The lowest BCUT2D eigenvalue weighted by atomic mass is 9.95. The van der Waals surface area contributed by atoms with Crippen LogP contribution < -0.4 is 14.4 Å². The summed E-state index contributed by atoms with van der Waals surface area (Å²) in [5.74, 6) is -0.797. The van der Waals surface area contributed by atoms with Crippen molar-refractivity contribution >= 4 is 34.7 Å². The monoisotopic (exact) mass is 539 g/mol. The second-order valence-corrected chi connectivity index (χ2v) is 9.33. The van der Waals surface area contributed by atoms with Crippen LogP contribution in [0, 0.1) is 0 Å². The van der Waals surface area contributed by atoms with E-state index in [1.54, 1.807) is 66.7 Å². The van der Waals surface area contributed by atoms with Crippen molar-refractivity contribution < 1.29 is 24.2 Å². The van der Waals surface area contributed by atoms with Crippen LogP contribution in [0.4, 0.5) is 5.69 Å². The molecule has 5 rings (SSSR count). The third-order valence-corrected chi connectivity index (χ3v) is 6.76. The van der Waals surface area contributed by atoms with Crippen LogP contribution in [-0.2, 0) is 16.2 Å². The Hall–Kier alpha value is -4.55. The van der Waals surface area contributed by atoms with Crippen molar-refractivity contribution in [3.63, 3.8) is 0 Å². The lowest BCUT2D eigenvalue weighted by Crippen LogP contribution is -2.29. The predicted molar refractivity (Wildman–Crippen MR) is 151 cm³/mol. The molecule has 1 fully saturated rings. The Balaban J connectivity index is 1.57. The van der Waals surface area contributed by atoms with E-state index in [4.69, 9.17) is 21.1 Å². The van der Waals surface area contributed by atoms with Crippen molar-refractivity contribution in [2.75, 3.05) is 11.5 Å². The topological polar surface area (TPSA) is 76.1 Å². The smallest absolute Gasteiger partial charge is 0.300 e. The summed E-state index contributed by atoms with van der Waals surface area (Å²) in [7, 11) is 0. The largest absolute Gasteiger partial charge is 0.507 e. The molecule has 1 unspecified atom stereocenters. The number of amides is 1. The summed E-state index contributed by atoms with van der Waals surface area (Å²) in [5.41, 5.74) is 2.34. The van der Waals surface area contributed by atoms with Crippen LogP contribution in [0.2, 0.25) is 5.02 Å². The zero-order valence-electron chi connectivity index (χ0n) is 21.2. The molecule has 0 aromatic heterocycles. The van der Waals surface area contributed by atoms with Crippen LogP contribution in [0.15, 0.2) is 109 Å². The van der Waals surface area contributed by atoms with Gasteiger partial charge in [0.2, 0.25) is 0 Å². The first kappa shape index (κ1) is 26.1. The molecule has 0 radical (unpaired) electrons. The average molecular weight is 540 g/mol. The molecule has 1 aliphatic heterocycles. The summed E-state index contributed by atoms with van der Waals surface area (Å²) in [5, 5.41) is 11.7. The highest BCUT2D eigenvalue weighted by atomic mass is 35.5. The maximum absolute atomic E-state index is 13.4. The molecule has 39 heavy (non-hydrogen) atoms. The molecule has 4 aromatic carbocycles. The molecule has 0 bridgehead atoms. The molecule has 196 valence electrons. The molecule has 6 nitrogen and oxygen atoms in total. The molecule has 1 aliphatic rings. The van der Waals surface area contributed by atoms with Crippen LogP contribution in [0.3, 0.4) is 0 Å². The second kappa shape index (κ2) is 11.5.